The zero-order chi connectivity index (χ0) is 25.4. The summed E-state index contributed by atoms with van der Waals surface area (Å²) in [6, 6.07) is 20.8. The van der Waals surface area contributed by atoms with Crippen molar-refractivity contribution in [2.45, 2.75) is 16.9 Å². The topological polar surface area (TPSA) is 83.9 Å². The van der Waals surface area contributed by atoms with E-state index in [1.165, 1.54) is 13.2 Å². The highest BCUT2D eigenvalue weighted by Gasteiger charge is 2.54. The number of β-amino-alcohol motifs (C(OH)–C–C–N with tert-alkyl or cyclic N) is 1. The Balaban J connectivity index is 1.69. The Morgan fingerprint density at radius 1 is 0.943 bits per heavy atom. The Bertz CT molecular complexity index is 1280. The predicted molar refractivity (Wildman–Crippen MR) is 137 cm³/mol. The van der Waals surface area contributed by atoms with Crippen molar-refractivity contribution in [3.05, 3.63) is 105 Å². The minimum absolute atomic E-state index is 0.100. The number of hydrogen-bond donors (Lipinski definition) is 1. The van der Waals surface area contributed by atoms with Crippen molar-refractivity contribution >= 4 is 39.0 Å². The number of likely N-dealkylation sites (tertiary alicyclic amines) is 1. The van der Waals surface area contributed by atoms with Gasteiger partial charge in [0.05, 0.1) is 18.7 Å². The summed E-state index contributed by atoms with van der Waals surface area (Å²) in [5.74, 6) is -0.577. The van der Waals surface area contributed by atoms with Crippen molar-refractivity contribution in [3.8, 4) is 0 Å². The van der Waals surface area contributed by atoms with Gasteiger partial charge in [-0.15, -0.1) is 0 Å². The second-order valence-electron chi connectivity index (χ2n) is 8.84. The van der Waals surface area contributed by atoms with E-state index in [1.807, 2.05) is 29.2 Å². The standard InChI is InChI=1S/C26H25Cl2NO5S/c1-34-25(30)20-5-3-4-19(14-20)24(35(2,32)33)26(31)15-29(16-26)23(17-6-10-21(27)11-7-17)18-8-12-22(28)13-9-18/h3-14,23-24,31H,15-16H2,1-2H3. The second-order valence-corrected chi connectivity index (χ2v) is 11.8. The quantitative estimate of drug-likeness (QED) is 0.443. The molecule has 1 unspecified atom stereocenters. The molecule has 0 aromatic heterocycles. The molecule has 1 fully saturated rings. The fourth-order valence-corrected chi connectivity index (χ4v) is 6.65. The molecule has 0 aliphatic carbocycles. The van der Waals surface area contributed by atoms with E-state index in [0.29, 0.717) is 15.6 Å². The lowest BCUT2D eigenvalue weighted by atomic mass is 9.82. The summed E-state index contributed by atoms with van der Waals surface area (Å²) in [7, 11) is -2.48. The van der Waals surface area contributed by atoms with Gasteiger partial charge in [0.1, 0.15) is 10.9 Å². The minimum Gasteiger partial charge on any atom is -0.465 e. The van der Waals surface area contributed by atoms with E-state index in [-0.39, 0.29) is 24.7 Å². The second kappa shape index (κ2) is 9.91. The van der Waals surface area contributed by atoms with Crippen LogP contribution in [0.15, 0.2) is 72.8 Å². The number of nitrogens with zero attached hydrogens (tertiary/aromatic N) is 1. The molecule has 1 aliphatic heterocycles. The molecule has 4 rings (SSSR count). The van der Waals surface area contributed by atoms with Crippen LogP contribution in [0.3, 0.4) is 0 Å². The van der Waals surface area contributed by atoms with Crippen LogP contribution < -0.4 is 0 Å². The third kappa shape index (κ3) is 5.39. The van der Waals surface area contributed by atoms with Crippen LogP contribution in [0.4, 0.5) is 0 Å². The Kier molecular flexibility index (Phi) is 7.27. The van der Waals surface area contributed by atoms with Gasteiger partial charge in [0.25, 0.3) is 0 Å². The van der Waals surface area contributed by atoms with Crippen LogP contribution in [0.5, 0.6) is 0 Å². The zero-order valence-electron chi connectivity index (χ0n) is 19.2. The fraction of sp³-hybridized carbons (Fsp3) is 0.269. The van der Waals surface area contributed by atoms with Gasteiger partial charge in [0, 0.05) is 29.4 Å². The van der Waals surface area contributed by atoms with E-state index in [9.17, 15) is 18.3 Å². The number of rotatable bonds is 7. The first-order valence-corrected chi connectivity index (χ1v) is 13.6. The lowest BCUT2D eigenvalue weighted by molar-refractivity contribution is -0.112. The van der Waals surface area contributed by atoms with Gasteiger partial charge in [-0.1, -0.05) is 59.6 Å². The molecule has 1 saturated heterocycles. The fourth-order valence-electron chi connectivity index (χ4n) is 4.81. The molecular formula is C26H25Cl2NO5S. The first-order valence-electron chi connectivity index (χ1n) is 10.9. The summed E-state index contributed by atoms with van der Waals surface area (Å²) in [6.45, 7) is 0.201. The van der Waals surface area contributed by atoms with Crippen molar-refractivity contribution in [1.82, 2.24) is 4.90 Å². The number of methoxy groups -OCH3 is 1. The van der Waals surface area contributed by atoms with Crippen molar-refractivity contribution in [1.29, 1.82) is 0 Å². The molecule has 1 atom stereocenters. The predicted octanol–water partition coefficient (Wildman–Crippen LogP) is 4.70. The van der Waals surface area contributed by atoms with Gasteiger partial charge in [-0.05, 0) is 53.1 Å². The smallest absolute Gasteiger partial charge is 0.337 e. The monoisotopic (exact) mass is 533 g/mol. The first kappa shape index (κ1) is 25.7. The maximum Gasteiger partial charge on any atom is 0.337 e. The normalized spacial score (nSPS) is 16.5. The van der Waals surface area contributed by atoms with E-state index in [2.05, 4.69) is 0 Å². The third-order valence-electron chi connectivity index (χ3n) is 6.22. The summed E-state index contributed by atoms with van der Waals surface area (Å²) in [5.41, 5.74) is 0.898. The van der Waals surface area contributed by atoms with Crippen LogP contribution in [0.1, 0.15) is 38.3 Å². The molecule has 184 valence electrons. The number of halogens is 2. The number of benzene rings is 3. The number of carbonyl (C=O) groups excluding carboxylic acids is 1. The summed E-state index contributed by atoms with van der Waals surface area (Å²) in [5, 5.41) is 11.6. The number of esters is 1. The maximum atomic E-state index is 12.9. The highest BCUT2D eigenvalue weighted by atomic mass is 35.5. The molecule has 1 aliphatic rings. The Labute approximate surface area is 215 Å². The minimum atomic E-state index is -3.74. The van der Waals surface area contributed by atoms with Crippen molar-refractivity contribution in [2.24, 2.45) is 0 Å². The molecule has 0 bridgehead atoms. The van der Waals surface area contributed by atoms with Crippen LogP contribution in [0.25, 0.3) is 0 Å². The molecule has 3 aromatic carbocycles. The van der Waals surface area contributed by atoms with Crippen LogP contribution in [0, 0.1) is 0 Å². The van der Waals surface area contributed by atoms with Crippen LogP contribution in [-0.4, -0.2) is 56.4 Å². The summed E-state index contributed by atoms with van der Waals surface area (Å²) in [4.78, 5) is 14.0. The summed E-state index contributed by atoms with van der Waals surface area (Å²) in [6.07, 6.45) is 1.10. The van der Waals surface area contributed by atoms with Crippen molar-refractivity contribution in [2.75, 3.05) is 26.5 Å². The van der Waals surface area contributed by atoms with E-state index in [1.54, 1.807) is 42.5 Å². The SMILES string of the molecule is COC(=O)c1cccc(C(C2(O)CN(C(c3ccc(Cl)cc3)c3ccc(Cl)cc3)C2)S(C)(=O)=O)c1. The molecule has 0 spiro atoms. The lowest BCUT2D eigenvalue weighted by Gasteiger charge is -2.53. The number of sulfone groups is 1. The van der Waals surface area contributed by atoms with Gasteiger partial charge in [0.15, 0.2) is 9.84 Å². The van der Waals surface area contributed by atoms with E-state index < -0.39 is 26.7 Å². The number of aliphatic hydroxyl groups is 1. The molecule has 0 saturated carbocycles. The molecule has 1 heterocycles. The average Bonchev–Trinajstić information content (AvgIpc) is 2.79. The van der Waals surface area contributed by atoms with Gasteiger partial charge in [-0.2, -0.15) is 0 Å². The average molecular weight is 534 g/mol. The van der Waals surface area contributed by atoms with Crippen molar-refractivity contribution < 1.29 is 23.1 Å². The summed E-state index contributed by atoms with van der Waals surface area (Å²) < 4.78 is 30.5. The maximum absolute atomic E-state index is 12.9. The highest BCUT2D eigenvalue weighted by molar-refractivity contribution is 7.91. The Morgan fingerprint density at radius 2 is 1.46 bits per heavy atom. The van der Waals surface area contributed by atoms with E-state index >= 15 is 0 Å². The first-order chi connectivity index (χ1) is 16.5. The lowest BCUT2D eigenvalue weighted by Crippen LogP contribution is -2.66. The van der Waals surface area contributed by atoms with E-state index in [4.69, 9.17) is 27.9 Å². The highest BCUT2D eigenvalue weighted by Crippen LogP contribution is 2.44. The van der Waals surface area contributed by atoms with Crippen LogP contribution in [0.2, 0.25) is 10.0 Å². The molecule has 9 heteroatoms. The Hall–Kier alpha value is -2.42. The van der Waals surface area contributed by atoms with Gasteiger partial charge < -0.3 is 9.84 Å². The molecule has 6 nitrogen and oxygen atoms in total. The molecular weight excluding hydrogens is 509 g/mol. The molecule has 35 heavy (non-hydrogen) atoms. The zero-order valence-corrected chi connectivity index (χ0v) is 21.5. The molecule has 3 aromatic rings. The van der Waals surface area contributed by atoms with Gasteiger partial charge >= 0.3 is 5.97 Å². The van der Waals surface area contributed by atoms with Gasteiger partial charge in [0.2, 0.25) is 0 Å². The number of ether oxygens (including phenoxy) is 1. The third-order valence-corrected chi connectivity index (χ3v) is 8.29. The number of hydrogen-bond acceptors (Lipinski definition) is 6. The number of carbonyl (C=O) groups is 1. The van der Waals surface area contributed by atoms with Crippen molar-refractivity contribution in [3.63, 3.8) is 0 Å². The van der Waals surface area contributed by atoms with Crippen LogP contribution >= 0.6 is 23.2 Å². The van der Waals surface area contributed by atoms with Crippen LogP contribution in [-0.2, 0) is 14.6 Å². The largest absolute Gasteiger partial charge is 0.465 e. The molecule has 0 radical (unpaired) electrons. The molecule has 1 N–H and O–H groups in total. The molecule has 0 amide bonds. The summed E-state index contributed by atoms with van der Waals surface area (Å²) >= 11 is 12.2. The van der Waals surface area contributed by atoms with Gasteiger partial charge in [-0.3, -0.25) is 4.90 Å². The Morgan fingerprint density at radius 3 is 1.91 bits per heavy atom. The van der Waals surface area contributed by atoms with E-state index in [0.717, 1.165) is 17.4 Å². The van der Waals surface area contributed by atoms with Gasteiger partial charge in [-0.25, -0.2) is 13.2 Å².